The number of carbonyl (C=O) groups excluding carboxylic acids is 2. The lowest BCUT2D eigenvalue weighted by Gasteiger charge is -2.15. The van der Waals surface area contributed by atoms with Crippen molar-refractivity contribution in [1.82, 2.24) is 5.43 Å². The van der Waals surface area contributed by atoms with Gasteiger partial charge in [-0.1, -0.05) is 63.4 Å². The van der Waals surface area contributed by atoms with E-state index >= 15 is 0 Å². The van der Waals surface area contributed by atoms with Gasteiger partial charge in [0.1, 0.15) is 12.2 Å². The Labute approximate surface area is 208 Å². The van der Waals surface area contributed by atoms with E-state index in [0.717, 1.165) is 5.56 Å². The standard InChI is InChI=1S/C24H17BrCl2N2O4/c1-32-21-12-16(25)10-15(22(21)33-13-14-7-8-19(26)20(27)9-14)11-18-23(30)28-29(24(18)31)17-5-3-2-4-6-17/h2-12H,13H2,1H3,(H,28,30)/b18-11+. The Hall–Kier alpha value is -3.00. The summed E-state index contributed by atoms with van der Waals surface area (Å²) >= 11 is 15.5. The largest absolute Gasteiger partial charge is 0.493 e. The van der Waals surface area contributed by atoms with Crippen LogP contribution in [0.3, 0.4) is 0 Å². The van der Waals surface area contributed by atoms with Crippen molar-refractivity contribution >= 4 is 62.7 Å². The summed E-state index contributed by atoms with van der Waals surface area (Å²) in [7, 11) is 1.51. The van der Waals surface area contributed by atoms with Gasteiger partial charge < -0.3 is 9.47 Å². The van der Waals surface area contributed by atoms with Crippen LogP contribution in [-0.4, -0.2) is 18.9 Å². The van der Waals surface area contributed by atoms with Crippen LogP contribution in [-0.2, 0) is 16.2 Å². The molecule has 1 heterocycles. The number of hydrogen-bond acceptors (Lipinski definition) is 4. The molecule has 2 amide bonds. The highest BCUT2D eigenvalue weighted by Gasteiger charge is 2.34. The van der Waals surface area contributed by atoms with Gasteiger partial charge in [0.15, 0.2) is 11.5 Å². The van der Waals surface area contributed by atoms with Crippen LogP contribution in [0.15, 0.2) is 70.7 Å². The summed E-state index contributed by atoms with van der Waals surface area (Å²) in [5.41, 5.74) is 4.40. The van der Waals surface area contributed by atoms with Gasteiger partial charge >= 0.3 is 0 Å². The average Bonchev–Trinajstić information content (AvgIpc) is 3.09. The van der Waals surface area contributed by atoms with Crippen molar-refractivity contribution in [3.8, 4) is 11.5 Å². The van der Waals surface area contributed by atoms with Crippen LogP contribution in [0.4, 0.5) is 5.69 Å². The first-order chi connectivity index (χ1) is 15.9. The van der Waals surface area contributed by atoms with E-state index in [1.54, 1.807) is 54.6 Å². The third kappa shape index (κ3) is 5.00. The maximum Gasteiger partial charge on any atom is 0.282 e. The molecular formula is C24H17BrCl2N2O4. The van der Waals surface area contributed by atoms with Crippen LogP contribution in [0.5, 0.6) is 11.5 Å². The summed E-state index contributed by atoms with van der Waals surface area (Å²) in [6.45, 7) is 0.168. The zero-order valence-corrected chi connectivity index (χ0v) is 20.4. The second-order valence-electron chi connectivity index (χ2n) is 7.04. The molecule has 9 heteroatoms. The van der Waals surface area contributed by atoms with Gasteiger partial charge in [0, 0.05) is 10.0 Å². The first kappa shape index (κ1) is 23.2. The second kappa shape index (κ2) is 9.87. The topological polar surface area (TPSA) is 67.9 Å². The number of nitrogens with zero attached hydrogens (tertiary/aromatic N) is 1. The molecule has 3 aromatic rings. The molecule has 0 bridgehead atoms. The molecule has 1 N–H and O–H groups in total. The van der Waals surface area contributed by atoms with Gasteiger partial charge in [-0.15, -0.1) is 0 Å². The third-order valence-electron chi connectivity index (χ3n) is 4.84. The predicted molar refractivity (Wildman–Crippen MR) is 132 cm³/mol. The number of amides is 2. The number of para-hydroxylation sites is 1. The van der Waals surface area contributed by atoms with Crippen LogP contribution in [0, 0.1) is 0 Å². The minimum Gasteiger partial charge on any atom is -0.493 e. The maximum absolute atomic E-state index is 13.0. The summed E-state index contributed by atoms with van der Waals surface area (Å²) in [4.78, 5) is 25.6. The molecule has 0 aromatic heterocycles. The molecule has 0 spiro atoms. The van der Waals surface area contributed by atoms with Gasteiger partial charge in [-0.2, -0.15) is 0 Å². The molecule has 33 heavy (non-hydrogen) atoms. The fraction of sp³-hybridized carbons (Fsp3) is 0.0833. The van der Waals surface area contributed by atoms with Gasteiger partial charge in [-0.25, -0.2) is 5.01 Å². The number of ether oxygens (including phenoxy) is 2. The van der Waals surface area contributed by atoms with E-state index in [-0.39, 0.29) is 12.2 Å². The highest BCUT2D eigenvalue weighted by Crippen LogP contribution is 2.37. The molecular weight excluding hydrogens is 531 g/mol. The molecule has 0 aliphatic carbocycles. The summed E-state index contributed by atoms with van der Waals surface area (Å²) in [5, 5.41) is 2.07. The Balaban J connectivity index is 1.69. The van der Waals surface area contributed by atoms with E-state index in [1.807, 2.05) is 6.07 Å². The van der Waals surface area contributed by atoms with Crippen LogP contribution in [0.25, 0.3) is 6.08 Å². The van der Waals surface area contributed by atoms with E-state index in [1.165, 1.54) is 18.2 Å². The Kier molecular flexibility index (Phi) is 6.93. The summed E-state index contributed by atoms with van der Waals surface area (Å²) in [6, 6.07) is 17.5. The van der Waals surface area contributed by atoms with Crippen molar-refractivity contribution in [1.29, 1.82) is 0 Å². The molecule has 168 valence electrons. The molecule has 1 saturated heterocycles. The normalized spacial score (nSPS) is 14.5. The minimum absolute atomic E-state index is 0.0293. The number of halogens is 3. The van der Waals surface area contributed by atoms with Gasteiger partial charge in [-0.3, -0.25) is 15.0 Å². The van der Waals surface area contributed by atoms with Crippen molar-refractivity contribution in [2.75, 3.05) is 12.1 Å². The van der Waals surface area contributed by atoms with Gasteiger partial charge in [0.2, 0.25) is 0 Å². The highest BCUT2D eigenvalue weighted by atomic mass is 79.9. The molecule has 3 aromatic carbocycles. The molecule has 4 rings (SSSR count). The monoisotopic (exact) mass is 546 g/mol. The molecule has 1 aliphatic rings. The van der Waals surface area contributed by atoms with E-state index in [2.05, 4.69) is 21.4 Å². The number of anilines is 1. The summed E-state index contributed by atoms with van der Waals surface area (Å²) in [5.74, 6) is -0.182. The number of rotatable bonds is 6. The highest BCUT2D eigenvalue weighted by molar-refractivity contribution is 9.10. The van der Waals surface area contributed by atoms with Crippen LogP contribution in [0.2, 0.25) is 10.0 Å². The predicted octanol–water partition coefficient (Wildman–Crippen LogP) is 5.80. The van der Waals surface area contributed by atoms with Gasteiger partial charge in [-0.05, 0) is 48.0 Å². The Bertz CT molecular complexity index is 1260. The molecule has 0 saturated carbocycles. The number of nitrogens with one attached hydrogen (secondary N) is 1. The van der Waals surface area contributed by atoms with E-state index in [0.29, 0.717) is 37.3 Å². The molecule has 0 radical (unpaired) electrons. The lowest BCUT2D eigenvalue weighted by Crippen LogP contribution is -2.35. The van der Waals surface area contributed by atoms with Crippen molar-refractivity contribution in [2.24, 2.45) is 0 Å². The van der Waals surface area contributed by atoms with Crippen LogP contribution < -0.4 is 19.9 Å². The van der Waals surface area contributed by atoms with E-state index in [4.69, 9.17) is 32.7 Å². The Morgan fingerprint density at radius 1 is 1.03 bits per heavy atom. The van der Waals surface area contributed by atoms with E-state index in [9.17, 15) is 9.59 Å². The van der Waals surface area contributed by atoms with Crippen LogP contribution in [0.1, 0.15) is 11.1 Å². The quantitative estimate of drug-likeness (QED) is 0.312. The van der Waals surface area contributed by atoms with Crippen molar-refractivity contribution in [3.63, 3.8) is 0 Å². The van der Waals surface area contributed by atoms with Crippen molar-refractivity contribution in [2.45, 2.75) is 6.61 Å². The van der Waals surface area contributed by atoms with Gasteiger partial charge in [0.05, 0.1) is 22.8 Å². The lowest BCUT2D eigenvalue weighted by molar-refractivity contribution is -0.117. The molecule has 1 aliphatic heterocycles. The first-order valence-corrected chi connectivity index (χ1v) is 11.3. The minimum atomic E-state index is -0.516. The fourth-order valence-electron chi connectivity index (χ4n) is 3.26. The number of methoxy groups -OCH3 is 1. The number of hydrogen-bond donors (Lipinski definition) is 1. The zero-order valence-electron chi connectivity index (χ0n) is 17.3. The molecule has 1 fully saturated rings. The first-order valence-electron chi connectivity index (χ1n) is 9.74. The smallest absolute Gasteiger partial charge is 0.282 e. The summed E-state index contributed by atoms with van der Waals surface area (Å²) in [6.07, 6.45) is 1.48. The molecule has 0 atom stereocenters. The maximum atomic E-state index is 13.0. The second-order valence-corrected chi connectivity index (χ2v) is 8.77. The van der Waals surface area contributed by atoms with Gasteiger partial charge in [0.25, 0.3) is 11.8 Å². The molecule has 6 nitrogen and oxygen atoms in total. The van der Waals surface area contributed by atoms with Crippen molar-refractivity contribution < 1.29 is 19.1 Å². The lowest BCUT2D eigenvalue weighted by atomic mass is 10.1. The third-order valence-corrected chi connectivity index (χ3v) is 6.04. The number of carbonyl (C=O) groups is 2. The Morgan fingerprint density at radius 3 is 2.48 bits per heavy atom. The zero-order chi connectivity index (χ0) is 23.5. The molecule has 0 unspecified atom stereocenters. The van der Waals surface area contributed by atoms with Crippen molar-refractivity contribution in [3.05, 3.63) is 91.9 Å². The Morgan fingerprint density at radius 2 is 1.79 bits per heavy atom. The average molecular weight is 548 g/mol. The number of hydrazine groups is 1. The summed E-state index contributed by atoms with van der Waals surface area (Å²) < 4.78 is 12.2. The SMILES string of the molecule is COc1cc(Br)cc(/C=C2\C(=O)NN(c3ccccc3)C2=O)c1OCc1ccc(Cl)c(Cl)c1. The fourth-order valence-corrected chi connectivity index (χ4v) is 4.03. The number of benzene rings is 3. The van der Waals surface area contributed by atoms with Crippen LogP contribution >= 0.6 is 39.1 Å². The van der Waals surface area contributed by atoms with E-state index < -0.39 is 11.8 Å².